The topological polar surface area (TPSA) is 111 Å². The number of carbonyl (C=O) groups excluding carboxylic acids is 4. The second kappa shape index (κ2) is 10.6. The Labute approximate surface area is 190 Å². The molecule has 1 aromatic rings. The molecule has 1 rings (SSSR count). The molecule has 0 fully saturated rings. The van der Waals surface area contributed by atoms with Gasteiger partial charge in [-0.05, 0) is 74.2 Å². The van der Waals surface area contributed by atoms with Crippen LogP contribution < -0.4 is 10.6 Å². The monoisotopic (exact) mass is 700 g/mol. The van der Waals surface area contributed by atoms with Gasteiger partial charge >= 0.3 is 11.9 Å². The zero-order valence-corrected chi connectivity index (χ0v) is 20.5. The molecule has 0 saturated heterocycles. The molecule has 11 heteroatoms. The van der Waals surface area contributed by atoms with Crippen molar-refractivity contribution in [2.45, 2.75) is 33.6 Å². The summed E-state index contributed by atoms with van der Waals surface area (Å²) in [7, 11) is 0. The first kappa shape index (κ1) is 23.3. The minimum atomic E-state index is -0.905. The number of hydrogen-bond acceptors (Lipinski definition) is 6. The van der Waals surface area contributed by atoms with Crippen LogP contribution in [-0.4, -0.2) is 23.8 Å². The Morgan fingerprint density at radius 3 is 1.69 bits per heavy atom. The molecule has 1 aromatic carbocycles. The lowest BCUT2D eigenvalue weighted by Gasteiger charge is -2.18. The molecule has 0 spiro atoms. The number of hydrogen-bond donors (Lipinski definition) is 2. The molecule has 0 aliphatic heterocycles. The first-order valence-corrected chi connectivity index (χ1v) is 10.5. The zero-order valence-electron chi connectivity index (χ0n) is 14.0. The summed E-state index contributed by atoms with van der Waals surface area (Å²) in [5.74, 6) is -2.26. The highest BCUT2D eigenvalue weighted by molar-refractivity contribution is 14.1. The number of amides is 2. The zero-order chi connectivity index (χ0) is 20.0. The summed E-state index contributed by atoms with van der Waals surface area (Å²) in [6, 6.07) is 0. The summed E-state index contributed by atoms with van der Waals surface area (Å²) in [6.07, 6.45) is 0.663. The summed E-state index contributed by atoms with van der Waals surface area (Å²) in [4.78, 5) is 56.0. The molecule has 2 amide bonds. The van der Waals surface area contributed by atoms with Crippen molar-refractivity contribution in [3.05, 3.63) is 16.3 Å². The summed E-state index contributed by atoms with van der Waals surface area (Å²) in [6.45, 7) is 4.44. The molecule has 0 radical (unpaired) electrons. The van der Waals surface area contributed by atoms with Crippen LogP contribution in [0.25, 0.3) is 0 Å². The molecule has 0 atom stereocenters. The van der Waals surface area contributed by atoms with Gasteiger partial charge in [0, 0.05) is 20.3 Å². The van der Waals surface area contributed by atoms with Crippen LogP contribution in [0.1, 0.15) is 44.0 Å². The number of halogens is 3. The van der Waals surface area contributed by atoms with Crippen molar-refractivity contribution < 1.29 is 29.0 Å². The summed E-state index contributed by atoms with van der Waals surface area (Å²) >= 11 is 5.74. The van der Waals surface area contributed by atoms with Gasteiger partial charge in [0.2, 0.25) is 11.8 Å². The average molecular weight is 700 g/mol. The maximum atomic E-state index is 12.4. The third-order valence-electron chi connectivity index (χ3n) is 2.79. The number of carbonyl (C=O) groups is 4. The molecule has 0 aliphatic rings. The van der Waals surface area contributed by atoms with Crippen LogP contribution in [0.4, 0.5) is 11.4 Å². The molecular weight excluding hydrogens is 685 g/mol. The Balaban J connectivity index is 3.40. The van der Waals surface area contributed by atoms with Crippen molar-refractivity contribution in [3.63, 3.8) is 0 Å². The Morgan fingerprint density at radius 1 is 0.846 bits per heavy atom. The first-order chi connectivity index (χ1) is 12.1. The van der Waals surface area contributed by atoms with Gasteiger partial charge < -0.3 is 10.6 Å². The van der Waals surface area contributed by atoms with E-state index >= 15 is 0 Å². The van der Waals surface area contributed by atoms with E-state index in [1.54, 1.807) is 6.92 Å². The fourth-order valence-corrected chi connectivity index (χ4v) is 5.93. The Hall–Kier alpha value is -0.710. The van der Waals surface area contributed by atoms with E-state index in [4.69, 9.17) is 0 Å². The van der Waals surface area contributed by atoms with Gasteiger partial charge in [0.15, 0.2) is 0 Å². The summed E-state index contributed by atoms with van der Waals surface area (Å²) < 4.78 is 1.36. The normalized spacial score (nSPS) is 10.1. The van der Waals surface area contributed by atoms with E-state index in [0.29, 0.717) is 28.5 Å². The lowest BCUT2D eigenvalue weighted by Crippen LogP contribution is -2.20. The quantitative estimate of drug-likeness (QED) is 0.275. The molecule has 2 N–H and O–H groups in total. The fraction of sp³-hybridized carbons (Fsp3) is 0.333. The third-order valence-corrected chi connectivity index (χ3v) is 6.02. The minimum Gasteiger partial charge on any atom is -0.324 e. The van der Waals surface area contributed by atoms with E-state index in [0.717, 1.165) is 0 Å². The Bertz CT molecular complexity index is 723. The SMILES string of the molecule is CCCC(=O)OOC(=O)c1c(I)c(NC(C)=O)c(I)c(NC(C)=O)c1I. The summed E-state index contributed by atoms with van der Waals surface area (Å²) in [5, 5.41) is 5.28. The van der Waals surface area contributed by atoms with Crippen LogP contribution >= 0.6 is 67.8 Å². The predicted molar refractivity (Wildman–Crippen MR) is 120 cm³/mol. The standard InChI is InChI=1S/C15H15I3N2O6/c1-4-5-8(23)25-26-15(24)9-10(16)13(19-6(2)21)12(18)14(11(9)17)20-7(3)22/h4-5H2,1-3H3,(H,19,21)(H,20,22). The third kappa shape index (κ3) is 6.17. The average Bonchev–Trinajstić information content (AvgIpc) is 2.53. The van der Waals surface area contributed by atoms with Gasteiger partial charge in [-0.25, -0.2) is 19.4 Å². The molecule has 0 saturated carbocycles. The van der Waals surface area contributed by atoms with E-state index in [2.05, 4.69) is 20.4 Å². The van der Waals surface area contributed by atoms with E-state index in [9.17, 15) is 19.2 Å². The van der Waals surface area contributed by atoms with Crippen LogP contribution in [-0.2, 0) is 24.2 Å². The second-order valence-corrected chi connectivity index (χ2v) is 8.24. The van der Waals surface area contributed by atoms with Crippen molar-refractivity contribution >= 4 is 103 Å². The van der Waals surface area contributed by atoms with Crippen LogP contribution in [0.15, 0.2) is 0 Å². The van der Waals surface area contributed by atoms with Gasteiger partial charge in [-0.15, -0.1) is 0 Å². The van der Waals surface area contributed by atoms with Crippen molar-refractivity contribution in [2.75, 3.05) is 10.6 Å². The van der Waals surface area contributed by atoms with Gasteiger partial charge in [0.1, 0.15) is 0 Å². The molecule has 0 heterocycles. The maximum Gasteiger partial charge on any atom is 0.388 e. The maximum absolute atomic E-state index is 12.4. The van der Waals surface area contributed by atoms with Crippen LogP contribution in [0.5, 0.6) is 0 Å². The van der Waals surface area contributed by atoms with Gasteiger partial charge in [-0.2, -0.15) is 0 Å². The van der Waals surface area contributed by atoms with Gasteiger partial charge in [-0.1, -0.05) is 6.92 Å². The highest BCUT2D eigenvalue weighted by Crippen LogP contribution is 2.39. The van der Waals surface area contributed by atoms with Crippen molar-refractivity contribution in [1.29, 1.82) is 0 Å². The van der Waals surface area contributed by atoms with E-state index in [1.807, 2.05) is 67.8 Å². The van der Waals surface area contributed by atoms with E-state index in [-0.39, 0.29) is 23.8 Å². The van der Waals surface area contributed by atoms with E-state index in [1.165, 1.54) is 13.8 Å². The van der Waals surface area contributed by atoms with Gasteiger partial charge in [-0.3, -0.25) is 9.59 Å². The molecule has 0 aliphatic carbocycles. The number of nitrogens with one attached hydrogen (secondary N) is 2. The number of anilines is 2. The fourth-order valence-electron chi connectivity index (χ4n) is 1.79. The number of benzene rings is 1. The van der Waals surface area contributed by atoms with Crippen LogP contribution in [0.2, 0.25) is 0 Å². The lowest BCUT2D eigenvalue weighted by atomic mass is 10.1. The largest absolute Gasteiger partial charge is 0.388 e. The molecule has 26 heavy (non-hydrogen) atoms. The molecule has 8 nitrogen and oxygen atoms in total. The number of rotatable bonds is 5. The van der Waals surface area contributed by atoms with E-state index < -0.39 is 11.9 Å². The van der Waals surface area contributed by atoms with Gasteiger partial charge in [0.05, 0.1) is 27.6 Å². The molecule has 0 aromatic heterocycles. The minimum absolute atomic E-state index is 0.0726. The van der Waals surface area contributed by atoms with Crippen LogP contribution in [0.3, 0.4) is 0 Å². The lowest BCUT2D eigenvalue weighted by molar-refractivity contribution is -0.234. The summed E-state index contributed by atoms with van der Waals surface area (Å²) in [5.41, 5.74) is 0.785. The predicted octanol–water partition coefficient (Wildman–Crippen LogP) is 3.83. The highest BCUT2D eigenvalue weighted by atomic mass is 127. The van der Waals surface area contributed by atoms with Crippen molar-refractivity contribution in [1.82, 2.24) is 0 Å². The van der Waals surface area contributed by atoms with Crippen molar-refractivity contribution in [3.8, 4) is 0 Å². The molecule has 142 valence electrons. The van der Waals surface area contributed by atoms with Crippen molar-refractivity contribution in [2.24, 2.45) is 0 Å². The Morgan fingerprint density at radius 2 is 1.31 bits per heavy atom. The van der Waals surface area contributed by atoms with Crippen LogP contribution in [0, 0.1) is 10.7 Å². The molecule has 0 unspecified atom stereocenters. The highest BCUT2D eigenvalue weighted by Gasteiger charge is 2.28. The molecule has 0 bridgehead atoms. The first-order valence-electron chi connectivity index (χ1n) is 7.27. The smallest absolute Gasteiger partial charge is 0.324 e. The second-order valence-electron chi connectivity index (χ2n) is 5.01. The molecular formula is C15H15I3N2O6. The van der Waals surface area contributed by atoms with Gasteiger partial charge in [0.25, 0.3) is 0 Å². The Kier molecular flexibility index (Phi) is 9.49.